The van der Waals surface area contributed by atoms with E-state index in [1.807, 2.05) is 13.0 Å². The number of benzene rings is 1. The van der Waals surface area contributed by atoms with E-state index in [0.717, 1.165) is 30.5 Å². The normalized spacial score (nSPS) is 28.3. The quantitative estimate of drug-likeness (QED) is 0.898. The lowest BCUT2D eigenvalue weighted by atomic mass is 9.75. The largest absolute Gasteiger partial charge is 0.388 e. The van der Waals surface area contributed by atoms with Crippen molar-refractivity contribution in [1.82, 2.24) is 14.7 Å². The van der Waals surface area contributed by atoms with Crippen LogP contribution in [0.3, 0.4) is 0 Å². The van der Waals surface area contributed by atoms with Crippen molar-refractivity contribution in [2.45, 2.75) is 69.8 Å². The van der Waals surface area contributed by atoms with Crippen molar-refractivity contribution < 1.29 is 9.50 Å². The molecule has 0 radical (unpaired) electrons. The highest BCUT2D eigenvalue weighted by Gasteiger charge is 2.45. The molecular formula is C21H26FN3O2. The molecule has 1 aromatic carbocycles. The first-order valence-electron chi connectivity index (χ1n) is 9.69. The zero-order chi connectivity index (χ0) is 19.0. The predicted molar refractivity (Wildman–Crippen MR) is 101 cm³/mol. The number of aromatic nitrogens is 2. The third-order valence-corrected chi connectivity index (χ3v) is 5.94. The van der Waals surface area contributed by atoms with Crippen molar-refractivity contribution in [1.29, 1.82) is 0 Å². The number of aliphatic hydroxyl groups is 1. The Morgan fingerprint density at radius 3 is 2.67 bits per heavy atom. The highest BCUT2D eigenvalue weighted by atomic mass is 19.1. The molecule has 144 valence electrons. The van der Waals surface area contributed by atoms with Gasteiger partial charge < -0.3 is 5.11 Å². The van der Waals surface area contributed by atoms with E-state index in [0.29, 0.717) is 19.4 Å². The summed E-state index contributed by atoms with van der Waals surface area (Å²) in [5.74, 6) is -0.212. The molecule has 0 amide bonds. The minimum Gasteiger partial charge on any atom is -0.388 e. The molecule has 0 saturated carbocycles. The highest BCUT2D eigenvalue weighted by molar-refractivity contribution is 5.17. The number of nitrogens with zero attached hydrogens (tertiary/aromatic N) is 3. The van der Waals surface area contributed by atoms with E-state index < -0.39 is 5.60 Å². The molecule has 5 nitrogen and oxygen atoms in total. The average molecular weight is 371 g/mol. The van der Waals surface area contributed by atoms with Crippen molar-refractivity contribution in [3.8, 4) is 0 Å². The number of rotatable bonds is 4. The summed E-state index contributed by atoms with van der Waals surface area (Å²) in [5.41, 5.74) is 0.621. The van der Waals surface area contributed by atoms with Crippen LogP contribution < -0.4 is 5.56 Å². The number of halogens is 1. The van der Waals surface area contributed by atoms with E-state index >= 15 is 0 Å². The van der Waals surface area contributed by atoms with Gasteiger partial charge in [-0.05, 0) is 56.4 Å². The van der Waals surface area contributed by atoms with E-state index in [1.54, 1.807) is 18.2 Å². The van der Waals surface area contributed by atoms with Crippen molar-refractivity contribution in [2.75, 3.05) is 0 Å². The molecule has 2 atom stereocenters. The van der Waals surface area contributed by atoms with Gasteiger partial charge in [0.15, 0.2) is 0 Å². The van der Waals surface area contributed by atoms with Crippen LogP contribution in [0, 0.1) is 12.7 Å². The molecule has 2 aliphatic heterocycles. The molecule has 3 heterocycles. The summed E-state index contributed by atoms with van der Waals surface area (Å²) in [6, 6.07) is 10.4. The van der Waals surface area contributed by atoms with Gasteiger partial charge in [-0.1, -0.05) is 18.6 Å². The maximum Gasteiger partial charge on any atom is 0.266 e. The maximum atomic E-state index is 13.5. The lowest BCUT2D eigenvalue weighted by Crippen LogP contribution is -2.59. The first-order valence-corrected chi connectivity index (χ1v) is 9.69. The molecule has 2 aromatic rings. The first kappa shape index (κ1) is 18.3. The van der Waals surface area contributed by atoms with Crippen LogP contribution in [0.25, 0.3) is 0 Å². The van der Waals surface area contributed by atoms with E-state index in [1.165, 1.54) is 16.8 Å². The van der Waals surface area contributed by atoms with Gasteiger partial charge in [-0.15, -0.1) is 0 Å². The fourth-order valence-electron chi connectivity index (χ4n) is 4.79. The van der Waals surface area contributed by atoms with Gasteiger partial charge in [-0.2, -0.15) is 5.10 Å². The van der Waals surface area contributed by atoms with Gasteiger partial charge >= 0.3 is 0 Å². The fraction of sp³-hybridized carbons (Fsp3) is 0.524. The summed E-state index contributed by atoms with van der Waals surface area (Å²) in [7, 11) is 0. The summed E-state index contributed by atoms with van der Waals surface area (Å²) in [5, 5.41) is 15.6. The second-order valence-electron chi connectivity index (χ2n) is 8.14. The van der Waals surface area contributed by atoms with Crippen LogP contribution in [0.1, 0.15) is 43.4 Å². The van der Waals surface area contributed by atoms with Gasteiger partial charge in [0.05, 0.1) is 17.8 Å². The molecule has 0 unspecified atom stereocenters. The van der Waals surface area contributed by atoms with Crippen LogP contribution in [0.4, 0.5) is 4.39 Å². The molecule has 0 spiro atoms. The third kappa shape index (κ3) is 3.96. The van der Waals surface area contributed by atoms with E-state index in [2.05, 4.69) is 10.00 Å². The number of hydrogen-bond donors (Lipinski definition) is 1. The SMILES string of the molecule is Cc1ccc(=O)n(CC2(O)C[C@H]3CCC[C@H](C2)N3Cc2cccc(F)c2)n1. The third-order valence-electron chi connectivity index (χ3n) is 5.94. The Hall–Kier alpha value is -2.05. The zero-order valence-corrected chi connectivity index (χ0v) is 15.6. The fourth-order valence-corrected chi connectivity index (χ4v) is 4.79. The standard InChI is InChI=1S/C21H26FN3O2/c1-15-8-9-20(26)25(23-15)14-21(27)11-18-6-3-7-19(12-21)24(18)13-16-4-2-5-17(22)10-16/h2,4-5,8-10,18-19,27H,3,6-7,11-14H2,1H3/t18-,19-/m1/s1. The van der Waals surface area contributed by atoms with Crippen LogP contribution in [0.15, 0.2) is 41.2 Å². The molecule has 2 aliphatic rings. The molecular weight excluding hydrogens is 345 g/mol. The van der Waals surface area contributed by atoms with Crippen LogP contribution in [0.2, 0.25) is 0 Å². The summed E-state index contributed by atoms with van der Waals surface area (Å²) < 4.78 is 14.9. The number of piperidine rings is 2. The van der Waals surface area contributed by atoms with E-state index in [4.69, 9.17) is 0 Å². The number of aryl methyl sites for hydroxylation is 1. The first-order chi connectivity index (χ1) is 12.9. The Morgan fingerprint density at radius 1 is 1.22 bits per heavy atom. The lowest BCUT2D eigenvalue weighted by Gasteiger charge is -2.52. The smallest absolute Gasteiger partial charge is 0.266 e. The zero-order valence-electron chi connectivity index (χ0n) is 15.6. The molecule has 1 aromatic heterocycles. The van der Waals surface area contributed by atoms with Crippen LogP contribution in [-0.2, 0) is 13.1 Å². The molecule has 27 heavy (non-hydrogen) atoms. The molecule has 1 N–H and O–H groups in total. The van der Waals surface area contributed by atoms with Crippen molar-refractivity contribution in [3.05, 3.63) is 63.8 Å². The Bertz CT molecular complexity index is 868. The van der Waals surface area contributed by atoms with Gasteiger partial charge in [0.25, 0.3) is 5.56 Å². The van der Waals surface area contributed by atoms with Crippen LogP contribution in [-0.4, -0.2) is 37.5 Å². The van der Waals surface area contributed by atoms with Crippen molar-refractivity contribution in [3.63, 3.8) is 0 Å². The van der Waals surface area contributed by atoms with Crippen molar-refractivity contribution in [2.24, 2.45) is 0 Å². The number of hydrogen-bond acceptors (Lipinski definition) is 4. The Kier molecular flexibility index (Phi) is 4.86. The molecule has 2 bridgehead atoms. The Morgan fingerprint density at radius 2 is 1.96 bits per heavy atom. The molecule has 2 saturated heterocycles. The highest BCUT2D eigenvalue weighted by Crippen LogP contribution is 2.40. The van der Waals surface area contributed by atoms with Gasteiger partial charge in [-0.3, -0.25) is 9.69 Å². The van der Waals surface area contributed by atoms with E-state index in [9.17, 15) is 14.3 Å². The summed E-state index contributed by atoms with van der Waals surface area (Å²) in [6.45, 7) is 2.77. The maximum absolute atomic E-state index is 13.5. The summed E-state index contributed by atoms with van der Waals surface area (Å²) in [6.07, 6.45) is 4.41. The number of fused-ring (bicyclic) bond motifs is 2. The van der Waals surface area contributed by atoms with Gasteiger partial charge in [0, 0.05) is 24.7 Å². The van der Waals surface area contributed by atoms with Gasteiger partial charge in [-0.25, -0.2) is 9.07 Å². The second kappa shape index (κ2) is 7.17. The summed E-state index contributed by atoms with van der Waals surface area (Å²) in [4.78, 5) is 14.5. The average Bonchev–Trinajstić information content (AvgIpc) is 2.59. The molecule has 6 heteroatoms. The summed E-state index contributed by atoms with van der Waals surface area (Å²) >= 11 is 0. The molecule has 2 fully saturated rings. The Labute approximate surface area is 158 Å². The van der Waals surface area contributed by atoms with Crippen molar-refractivity contribution >= 4 is 0 Å². The lowest BCUT2D eigenvalue weighted by molar-refractivity contribution is -0.105. The molecule has 0 aliphatic carbocycles. The van der Waals surface area contributed by atoms with Crippen LogP contribution >= 0.6 is 0 Å². The predicted octanol–water partition coefficient (Wildman–Crippen LogP) is 2.64. The monoisotopic (exact) mass is 371 g/mol. The molecule has 4 rings (SSSR count). The van der Waals surface area contributed by atoms with E-state index in [-0.39, 0.29) is 30.0 Å². The minimum atomic E-state index is -0.932. The minimum absolute atomic E-state index is 0.179. The van der Waals surface area contributed by atoms with Crippen LogP contribution in [0.5, 0.6) is 0 Å². The van der Waals surface area contributed by atoms with Gasteiger partial charge in [0.2, 0.25) is 0 Å². The second-order valence-corrected chi connectivity index (χ2v) is 8.14. The Balaban J connectivity index is 1.53. The topological polar surface area (TPSA) is 58.4 Å². The van der Waals surface area contributed by atoms with Gasteiger partial charge in [0.1, 0.15) is 5.82 Å².